The number of carbonyl (C=O) groups is 1. The van der Waals surface area contributed by atoms with Crippen molar-refractivity contribution >= 4 is 16.8 Å². The average Bonchev–Trinajstić information content (AvgIpc) is 2.61. The van der Waals surface area contributed by atoms with E-state index in [1.54, 1.807) is 38.1 Å². The monoisotopic (exact) mass is 391 g/mol. The molecule has 0 radical (unpaired) electrons. The number of aromatic hydroxyl groups is 1. The number of aliphatic hydroxyl groups excluding tert-OH is 1. The quantitative estimate of drug-likeness (QED) is 0.512. The van der Waals surface area contributed by atoms with Gasteiger partial charge < -0.3 is 14.6 Å². The van der Waals surface area contributed by atoms with Crippen LogP contribution in [-0.2, 0) is 4.79 Å². The van der Waals surface area contributed by atoms with Crippen molar-refractivity contribution in [3.63, 3.8) is 0 Å². The molecule has 1 aromatic heterocycles. The number of hydrogen-bond donors (Lipinski definition) is 2. The summed E-state index contributed by atoms with van der Waals surface area (Å²) in [5, 5.41) is 19.1. The Morgan fingerprint density at radius 3 is 2.14 bits per heavy atom. The maximum absolute atomic E-state index is 12.4. The molecular formula is C22H24NaO5+. The summed E-state index contributed by atoms with van der Waals surface area (Å²) >= 11 is 0. The Morgan fingerprint density at radius 2 is 1.57 bits per heavy atom. The summed E-state index contributed by atoms with van der Waals surface area (Å²) < 4.78 is 5.33. The minimum atomic E-state index is -0.615. The van der Waals surface area contributed by atoms with Crippen molar-refractivity contribution in [1.29, 1.82) is 0 Å². The third kappa shape index (κ3) is 6.31. The number of ketones is 1. The minimum absolute atomic E-state index is 0. The molecular weight excluding hydrogens is 367 g/mol. The van der Waals surface area contributed by atoms with Gasteiger partial charge in [0.2, 0.25) is 0 Å². The number of para-hydroxylation sites is 1. The molecule has 0 amide bonds. The maximum Gasteiger partial charge on any atom is 1.00 e. The van der Waals surface area contributed by atoms with Gasteiger partial charge in [-0.2, -0.15) is 0 Å². The number of hydrogen-bond acceptors (Lipinski definition) is 5. The zero-order valence-electron chi connectivity index (χ0n) is 16.7. The number of rotatable bonds is 4. The van der Waals surface area contributed by atoms with Gasteiger partial charge in [0.25, 0.3) is 0 Å². The fraction of sp³-hybridized carbons (Fsp3) is 0.273. The van der Waals surface area contributed by atoms with E-state index in [-0.39, 0.29) is 59.2 Å². The molecule has 3 rings (SSSR count). The van der Waals surface area contributed by atoms with E-state index in [2.05, 4.69) is 0 Å². The van der Waals surface area contributed by atoms with Crippen LogP contribution in [0.4, 0.5) is 0 Å². The Balaban J connectivity index is 0.000000717. The fourth-order valence-corrected chi connectivity index (χ4v) is 2.81. The zero-order valence-corrected chi connectivity index (χ0v) is 18.7. The number of benzene rings is 2. The number of fused-ring (bicyclic) bond motifs is 1. The Hall–Kier alpha value is -1.92. The van der Waals surface area contributed by atoms with Crippen molar-refractivity contribution in [2.45, 2.75) is 39.2 Å². The molecule has 142 valence electrons. The smallest absolute Gasteiger partial charge is 0.507 e. The van der Waals surface area contributed by atoms with Gasteiger partial charge in [-0.3, -0.25) is 4.79 Å². The van der Waals surface area contributed by atoms with Crippen molar-refractivity contribution in [3.8, 4) is 5.75 Å². The molecule has 28 heavy (non-hydrogen) atoms. The van der Waals surface area contributed by atoms with Crippen LogP contribution in [0.2, 0.25) is 0 Å². The van der Waals surface area contributed by atoms with E-state index < -0.39 is 11.5 Å². The van der Waals surface area contributed by atoms with Crippen LogP contribution in [0.25, 0.3) is 11.0 Å². The van der Waals surface area contributed by atoms with Gasteiger partial charge in [-0.05, 0) is 38.5 Å². The van der Waals surface area contributed by atoms with Gasteiger partial charge in [0.15, 0.2) is 0 Å². The summed E-state index contributed by atoms with van der Waals surface area (Å²) in [6.45, 7) is 4.91. The molecule has 0 spiro atoms. The van der Waals surface area contributed by atoms with Crippen LogP contribution in [0.5, 0.6) is 5.75 Å². The van der Waals surface area contributed by atoms with E-state index in [1.165, 1.54) is 6.92 Å². The molecule has 0 saturated heterocycles. The molecule has 0 aliphatic carbocycles. The Bertz CT molecular complexity index is 961. The van der Waals surface area contributed by atoms with Gasteiger partial charge >= 0.3 is 35.2 Å². The first-order valence-corrected chi connectivity index (χ1v) is 8.78. The van der Waals surface area contributed by atoms with Gasteiger partial charge in [0, 0.05) is 18.4 Å². The Morgan fingerprint density at radius 1 is 1.04 bits per heavy atom. The predicted octanol–water partition coefficient (Wildman–Crippen LogP) is 1.00. The molecule has 6 heteroatoms. The van der Waals surface area contributed by atoms with Crippen LogP contribution in [0.3, 0.4) is 0 Å². The van der Waals surface area contributed by atoms with E-state index in [0.29, 0.717) is 11.0 Å². The van der Waals surface area contributed by atoms with Crippen molar-refractivity contribution in [2.75, 3.05) is 0 Å². The molecule has 5 nitrogen and oxygen atoms in total. The van der Waals surface area contributed by atoms with Crippen LogP contribution >= 0.6 is 0 Å². The zero-order chi connectivity index (χ0) is 20.0. The number of Topliss-reactive ketones (excluding diaryl/α,β-unsaturated/α-hetero) is 1. The van der Waals surface area contributed by atoms with Gasteiger partial charge in [-0.25, -0.2) is 4.79 Å². The first kappa shape index (κ1) is 24.1. The molecule has 1 heterocycles. The van der Waals surface area contributed by atoms with Gasteiger partial charge in [-0.15, -0.1) is 0 Å². The van der Waals surface area contributed by atoms with E-state index in [0.717, 1.165) is 5.56 Å². The van der Waals surface area contributed by atoms with Crippen LogP contribution in [0.1, 0.15) is 44.2 Å². The third-order valence-electron chi connectivity index (χ3n) is 3.86. The molecule has 0 fully saturated rings. The first-order chi connectivity index (χ1) is 12.8. The SMILES string of the molecule is CC(=O)CC(c1ccccc1)c1c(O)c2ccccc2oc1=O.CC(C)O.[Na+]. The van der Waals surface area contributed by atoms with Crippen molar-refractivity contribution in [1.82, 2.24) is 0 Å². The normalized spacial score (nSPS) is 11.3. The van der Waals surface area contributed by atoms with Gasteiger partial charge in [-0.1, -0.05) is 42.5 Å². The largest absolute Gasteiger partial charge is 1.00 e. The van der Waals surface area contributed by atoms with Crippen LogP contribution < -0.4 is 35.2 Å². The molecule has 0 bridgehead atoms. The molecule has 2 aromatic carbocycles. The van der Waals surface area contributed by atoms with Crippen LogP contribution in [0.15, 0.2) is 63.8 Å². The summed E-state index contributed by atoms with van der Waals surface area (Å²) in [5.74, 6) is -0.715. The fourth-order valence-electron chi connectivity index (χ4n) is 2.81. The maximum atomic E-state index is 12.4. The topological polar surface area (TPSA) is 87.7 Å². The second-order valence-electron chi connectivity index (χ2n) is 6.61. The molecule has 0 aliphatic rings. The first-order valence-electron chi connectivity index (χ1n) is 8.78. The molecule has 1 atom stereocenters. The summed E-state index contributed by atoms with van der Waals surface area (Å²) in [5.41, 5.74) is 0.635. The predicted molar refractivity (Wildman–Crippen MR) is 105 cm³/mol. The standard InChI is InChI=1S/C19H16O4.C3H8O.Na/c1-12(20)11-15(13-7-3-2-4-8-13)17-18(21)14-9-5-6-10-16(14)23-19(17)22;1-3(2)4;/h2-10,15,21H,11H2,1H3;3-4H,1-2H3;/q;;+1. The molecule has 2 N–H and O–H groups in total. The van der Waals surface area contributed by atoms with E-state index in [9.17, 15) is 14.7 Å². The van der Waals surface area contributed by atoms with E-state index in [1.807, 2.05) is 30.3 Å². The molecule has 0 aliphatic heterocycles. The van der Waals surface area contributed by atoms with Crippen molar-refractivity contribution in [3.05, 3.63) is 76.1 Å². The van der Waals surface area contributed by atoms with Crippen LogP contribution in [0, 0.1) is 0 Å². The average molecular weight is 391 g/mol. The van der Waals surface area contributed by atoms with Gasteiger partial charge in [0.1, 0.15) is 17.1 Å². The van der Waals surface area contributed by atoms with E-state index >= 15 is 0 Å². The Kier molecular flexibility index (Phi) is 9.62. The molecule has 1 unspecified atom stereocenters. The Labute approximate surface area is 186 Å². The summed E-state index contributed by atoms with van der Waals surface area (Å²) in [6.07, 6.45) is -0.0410. The van der Waals surface area contributed by atoms with Crippen molar-refractivity contribution in [2.24, 2.45) is 0 Å². The van der Waals surface area contributed by atoms with Crippen molar-refractivity contribution < 1.29 is 49.0 Å². The molecule has 0 saturated carbocycles. The van der Waals surface area contributed by atoms with E-state index in [4.69, 9.17) is 9.52 Å². The minimum Gasteiger partial charge on any atom is -0.507 e. The second-order valence-corrected chi connectivity index (χ2v) is 6.61. The van der Waals surface area contributed by atoms with Gasteiger partial charge in [0.05, 0.1) is 10.9 Å². The second kappa shape index (κ2) is 11.2. The van der Waals surface area contributed by atoms with Crippen LogP contribution in [-0.4, -0.2) is 22.1 Å². The summed E-state index contributed by atoms with van der Waals surface area (Å²) in [7, 11) is 0. The third-order valence-corrected chi connectivity index (χ3v) is 3.86. The molecule has 3 aromatic rings. The number of aliphatic hydroxyl groups is 1. The number of carbonyl (C=O) groups excluding carboxylic acids is 1. The summed E-state index contributed by atoms with van der Waals surface area (Å²) in [4.78, 5) is 24.1. The summed E-state index contributed by atoms with van der Waals surface area (Å²) in [6, 6.07) is 16.0.